The van der Waals surface area contributed by atoms with Crippen molar-refractivity contribution in [2.24, 2.45) is 0 Å². The maximum absolute atomic E-state index is 13.2. The summed E-state index contributed by atoms with van der Waals surface area (Å²) >= 11 is 3.16. The van der Waals surface area contributed by atoms with E-state index in [-0.39, 0.29) is 5.56 Å². The summed E-state index contributed by atoms with van der Waals surface area (Å²) in [5.74, 6) is -0.654. The third-order valence-corrected chi connectivity index (χ3v) is 2.35. The molecule has 0 radical (unpaired) electrons. The molecule has 0 saturated carbocycles. The number of alkyl halides is 4. The van der Waals surface area contributed by atoms with Crippen LogP contribution in [0.2, 0.25) is 0 Å². The zero-order valence-corrected chi connectivity index (χ0v) is 9.78. The standard InChI is InChI=1S/C11H9BrF4/c12-6-2-1-3-8-7-9(11(14,15)16)4-5-10(8)13/h1,3-5,7H,2,6H2. The SMILES string of the molecule is Fc1ccc(C(F)(F)F)cc1C=CCCBr. The summed E-state index contributed by atoms with van der Waals surface area (Å²) in [6.45, 7) is 0. The minimum absolute atomic E-state index is 0.0456. The third kappa shape index (κ3) is 3.63. The van der Waals surface area contributed by atoms with Crippen molar-refractivity contribution in [3.05, 3.63) is 41.2 Å². The Morgan fingerprint density at radius 2 is 1.94 bits per heavy atom. The first-order chi connectivity index (χ1) is 7.45. The zero-order valence-electron chi connectivity index (χ0n) is 8.19. The van der Waals surface area contributed by atoms with Gasteiger partial charge in [-0.1, -0.05) is 28.1 Å². The molecule has 0 fully saturated rings. The second-order valence-electron chi connectivity index (χ2n) is 3.11. The number of hydrogen-bond acceptors (Lipinski definition) is 0. The van der Waals surface area contributed by atoms with Crippen LogP contribution < -0.4 is 0 Å². The molecule has 1 aromatic carbocycles. The van der Waals surface area contributed by atoms with Crippen LogP contribution in [-0.4, -0.2) is 5.33 Å². The van der Waals surface area contributed by atoms with Crippen molar-refractivity contribution in [3.8, 4) is 0 Å². The number of benzene rings is 1. The molecule has 16 heavy (non-hydrogen) atoms. The molecular formula is C11H9BrF4. The first-order valence-corrected chi connectivity index (χ1v) is 5.66. The van der Waals surface area contributed by atoms with E-state index < -0.39 is 17.6 Å². The molecule has 0 aliphatic carbocycles. The molecule has 0 aromatic heterocycles. The molecule has 0 aliphatic rings. The van der Waals surface area contributed by atoms with Crippen molar-refractivity contribution < 1.29 is 17.6 Å². The fraction of sp³-hybridized carbons (Fsp3) is 0.273. The maximum Gasteiger partial charge on any atom is 0.416 e. The van der Waals surface area contributed by atoms with E-state index in [0.717, 1.165) is 18.2 Å². The number of hydrogen-bond donors (Lipinski definition) is 0. The van der Waals surface area contributed by atoms with E-state index in [1.54, 1.807) is 6.08 Å². The Bertz CT molecular complexity index is 382. The predicted molar refractivity (Wildman–Crippen MR) is 58.8 cm³/mol. The van der Waals surface area contributed by atoms with Gasteiger partial charge in [0.2, 0.25) is 0 Å². The average molecular weight is 297 g/mol. The van der Waals surface area contributed by atoms with E-state index in [2.05, 4.69) is 15.9 Å². The van der Waals surface area contributed by atoms with Crippen LogP contribution in [0.3, 0.4) is 0 Å². The highest BCUT2D eigenvalue weighted by atomic mass is 79.9. The van der Waals surface area contributed by atoms with Crippen LogP contribution in [-0.2, 0) is 6.18 Å². The molecule has 0 atom stereocenters. The smallest absolute Gasteiger partial charge is 0.206 e. The van der Waals surface area contributed by atoms with E-state index in [4.69, 9.17) is 0 Å². The maximum atomic E-state index is 13.2. The van der Waals surface area contributed by atoms with Crippen LogP contribution >= 0.6 is 15.9 Å². The lowest BCUT2D eigenvalue weighted by atomic mass is 10.1. The van der Waals surface area contributed by atoms with Gasteiger partial charge < -0.3 is 0 Å². The molecule has 0 N–H and O–H groups in total. The van der Waals surface area contributed by atoms with Gasteiger partial charge in [-0.15, -0.1) is 0 Å². The molecule has 0 amide bonds. The van der Waals surface area contributed by atoms with E-state index in [9.17, 15) is 17.6 Å². The Balaban J connectivity index is 3.00. The molecule has 1 aromatic rings. The highest BCUT2D eigenvalue weighted by Gasteiger charge is 2.30. The van der Waals surface area contributed by atoms with Crippen LogP contribution in [0.1, 0.15) is 17.5 Å². The van der Waals surface area contributed by atoms with Gasteiger partial charge in [0.25, 0.3) is 0 Å². The lowest BCUT2D eigenvalue weighted by Crippen LogP contribution is -2.05. The molecule has 5 heteroatoms. The lowest BCUT2D eigenvalue weighted by Gasteiger charge is -2.07. The van der Waals surface area contributed by atoms with E-state index in [1.165, 1.54) is 6.08 Å². The highest BCUT2D eigenvalue weighted by Crippen LogP contribution is 2.30. The highest BCUT2D eigenvalue weighted by molar-refractivity contribution is 9.09. The summed E-state index contributed by atoms with van der Waals surface area (Å²) < 4.78 is 50.2. The van der Waals surface area contributed by atoms with E-state index >= 15 is 0 Å². The van der Waals surface area contributed by atoms with Gasteiger partial charge in [0, 0.05) is 10.9 Å². The van der Waals surface area contributed by atoms with Crippen LogP contribution in [0.5, 0.6) is 0 Å². The topological polar surface area (TPSA) is 0 Å². The largest absolute Gasteiger partial charge is 0.416 e. The van der Waals surface area contributed by atoms with Gasteiger partial charge in [-0.2, -0.15) is 13.2 Å². The van der Waals surface area contributed by atoms with Crippen molar-refractivity contribution >= 4 is 22.0 Å². The minimum atomic E-state index is -4.44. The Morgan fingerprint density at radius 1 is 1.25 bits per heavy atom. The van der Waals surface area contributed by atoms with Gasteiger partial charge >= 0.3 is 6.18 Å². The molecule has 0 aliphatic heterocycles. The van der Waals surface area contributed by atoms with Crippen molar-refractivity contribution in [1.82, 2.24) is 0 Å². The molecule has 0 saturated heterocycles. The lowest BCUT2D eigenvalue weighted by molar-refractivity contribution is -0.137. The Hall–Kier alpha value is -0.840. The fourth-order valence-corrected chi connectivity index (χ4v) is 1.39. The summed E-state index contributed by atoms with van der Waals surface area (Å²) in [5.41, 5.74) is -0.886. The third-order valence-electron chi connectivity index (χ3n) is 1.90. The van der Waals surface area contributed by atoms with Crippen LogP contribution in [0.25, 0.3) is 6.08 Å². The molecule has 0 heterocycles. The molecule has 0 bridgehead atoms. The zero-order chi connectivity index (χ0) is 12.2. The molecular weight excluding hydrogens is 288 g/mol. The summed E-state index contributed by atoms with van der Waals surface area (Å²) in [7, 11) is 0. The van der Waals surface area contributed by atoms with Gasteiger partial charge in [0.1, 0.15) is 5.82 Å². The van der Waals surface area contributed by atoms with Crippen molar-refractivity contribution in [2.45, 2.75) is 12.6 Å². The number of allylic oxidation sites excluding steroid dienone is 1. The first-order valence-electron chi connectivity index (χ1n) is 4.54. The second-order valence-corrected chi connectivity index (χ2v) is 3.91. The minimum Gasteiger partial charge on any atom is -0.206 e. The van der Waals surface area contributed by atoms with Crippen molar-refractivity contribution in [2.75, 3.05) is 5.33 Å². The normalized spacial score (nSPS) is 12.3. The van der Waals surface area contributed by atoms with E-state index in [1.807, 2.05) is 0 Å². The van der Waals surface area contributed by atoms with Gasteiger partial charge in [0.05, 0.1) is 5.56 Å². The molecule has 1 rings (SSSR count). The van der Waals surface area contributed by atoms with Gasteiger partial charge in [-0.05, 0) is 24.6 Å². The molecule has 0 nitrogen and oxygen atoms in total. The van der Waals surface area contributed by atoms with Crippen molar-refractivity contribution in [3.63, 3.8) is 0 Å². The fourth-order valence-electron chi connectivity index (χ4n) is 1.12. The monoisotopic (exact) mass is 296 g/mol. The van der Waals surface area contributed by atoms with Crippen molar-refractivity contribution in [1.29, 1.82) is 0 Å². The predicted octanol–water partition coefficient (Wildman–Crippen LogP) is 4.64. The van der Waals surface area contributed by atoms with Crippen LogP contribution in [0.15, 0.2) is 24.3 Å². The van der Waals surface area contributed by atoms with Crippen LogP contribution in [0, 0.1) is 5.82 Å². The van der Waals surface area contributed by atoms with Gasteiger partial charge in [-0.3, -0.25) is 0 Å². The molecule has 0 unspecified atom stereocenters. The van der Waals surface area contributed by atoms with Crippen LogP contribution in [0.4, 0.5) is 17.6 Å². The van der Waals surface area contributed by atoms with Gasteiger partial charge in [-0.25, -0.2) is 4.39 Å². The average Bonchev–Trinajstić information content (AvgIpc) is 2.19. The number of rotatable bonds is 3. The molecule has 0 spiro atoms. The summed E-state index contributed by atoms with van der Waals surface area (Å²) in [6.07, 6.45) is -0.833. The first kappa shape index (κ1) is 13.2. The quantitative estimate of drug-likeness (QED) is 0.563. The second kappa shape index (κ2) is 5.48. The van der Waals surface area contributed by atoms with Gasteiger partial charge in [0.15, 0.2) is 0 Å². The number of halogens is 5. The Morgan fingerprint density at radius 3 is 2.50 bits per heavy atom. The summed E-state index contributed by atoms with van der Waals surface area (Å²) in [4.78, 5) is 0. The Kier molecular flexibility index (Phi) is 4.53. The molecule has 88 valence electrons. The van der Waals surface area contributed by atoms with E-state index in [0.29, 0.717) is 11.8 Å². The Labute approximate surface area is 99.1 Å². The summed E-state index contributed by atoms with van der Waals surface area (Å²) in [5, 5.41) is 0.685. The summed E-state index contributed by atoms with van der Waals surface area (Å²) in [6, 6.07) is 2.37.